The molecule has 1 unspecified atom stereocenters. The third-order valence-corrected chi connectivity index (χ3v) is 2.77. The van der Waals surface area contributed by atoms with E-state index in [9.17, 15) is 4.79 Å². The minimum Gasteiger partial charge on any atom is -0.480 e. The number of carbonyl (C=O) groups is 1. The molecule has 0 fully saturated rings. The standard InChI is InChI=1S/C8H13N3O2S/c1-3-5(7(12)13)9-8-11-10-6(4-2)14-8/h5H,3-4H2,1-2H3,(H,9,11)(H,12,13). The highest BCUT2D eigenvalue weighted by molar-refractivity contribution is 7.15. The second-order valence-electron chi connectivity index (χ2n) is 2.80. The van der Waals surface area contributed by atoms with Crippen LogP contribution in [0.4, 0.5) is 5.13 Å². The molecule has 0 radical (unpaired) electrons. The smallest absolute Gasteiger partial charge is 0.326 e. The van der Waals surface area contributed by atoms with E-state index in [4.69, 9.17) is 5.11 Å². The molecule has 1 atom stereocenters. The van der Waals surface area contributed by atoms with E-state index >= 15 is 0 Å². The largest absolute Gasteiger partial charge is 0.480 e. The van der Waals surface area contributed by atoms with Gasteiger partial charge in [0, 0.05) is 0 Å². The Morgan fingerprint density at radius 1 is 1.57 bits per heavy atom. The first-order valence-electron chi connectivity index (χ1n) is 4.49. The van der Waals surface area contributed by atoms with Crippen LogP contribution in [0, 0.1) is 0 Å². The van der Waals surface area contributed by atoms with Gasteiger partial charge in [0.05, 0.1) is 0 Å². The number of carboxylic acid groups (broad SMARTS) is 1. The van der Waals surface area contributed by atoms with Gasteiger partial charge in [-0.05, 0) is 12.8 Å². The van der Waals surface area contributed by atoms with E-state index in [1.165, 1.54) is 11.3 Å². The van der Waals surface area contributed by atoms with E-state index in [1.54, 1.807) is 0 Å². The summed E-state index contributed by atoms with van der Waals surface area (Å²) in [6.45, 7) is 3.80. The second-order valence-corrected chi connectivity index (χ2v) is 3.86. The fraction of sp³-hybridized carbons (Fsp3) is 0.625. The predicted octanol–water partition coefficient (Wildman–Crippen LogP) is 1.38. The van der Waals surface area contributed by atoms with Crippen LogP contribution in [0.2, 0.25) is 0 Å². The number of nitrogens with zero attached hydrogens (tertiary/aromatic N) is 2. The summed E-state index contributed by atoms with van der Waals surface area (Å²) in [6.07, 6.45) is 1.35. The summed E-state index contributed by atoms with van der Waals surface area (Å²) in [7, 11) is 0. The summed E-state index contributed by atoms with van der Waals surface area (Å²) < 4.78 is 0. The molecule has 0 bridgehead atoms. The first-order valence-corrected chi connectivity index (χ1v) is 5.30. The molecule has 0 aliphatic heterocycles. The predicted molar refractivity (Wildman–Crippen MR) is 54.6 cm³/mol. The van der Waals surface area contributed by atoms with Crippen LogP contribution in [0.5, 0.6) is 0 Å². The van der Waals surface area contributed by atoms with Crippen LogP contribution in [0.1, 0.15) is 25.3 Å². The van der Waals surface area contributed by atoms with Crippen LogP contribution < -0.4 is 5.32 Å². The Morgan fingerprint density at radius 3 is 2.71 bits per heavy atom. The number of aliphatic carboxylic acids is 1. The quantitative estimate of drug-likeness (QED) is 0.776. The van der Waals surface area contributed by atoms with Crippen LogP contribution in [-0.2, 0) is 11.2 Å². The van der Waals surface area contributed by atoms with Crippen molar-refractivity contribution in [2.75, 3.05) is 5.32 Å². The van der Waals surface area contributed by atoms with Crippen molar-refractivity contribution >= 4 is 22.4 Å². The Balaban J connectivity index is 2.62. The van der Waals surface area contributed by atoms with E-state index in [2.05, 4.69) is 15.5 Å². The monoisotopic (exact) mass is 215 g/mol. The summed E-state index contributed by atoms with van der Waals surface area (Å²) in [5.74, 6) is -0.860. The fourth-order valence-electron chi connectivity index (χ4n) is 0.942. The number of anilines is 1. The lowest BCUT2D eigenvalue weighted by molar-refractivity contribution is -0.137. The van der Waals surface area contributed by atoms with Crippen LogP contribution >= 0.6 is 11.3 Å². The van der Waals surface area contributed by atoms with Crippen molar-refractivity contribution < 1.29 is 9.90 Å². The Morgan fingerprint density at radius 2 is 2.29 bits per heavy atom. The zero-order valence-electron chi connectivity index (χ0n) is 8.15. The van der Waals surface area contributed by atoms with Crippen LogP contribution in [-0.4, -0.2) is 27.3 Å². The van der Waals surface area contributed by atoms with Gasteiger partial charge >= 0.3 is 5.97 Å². The minimum atomic E-state index is -0.860. The number of aromatic nitrogens is 2. The highest BCUT2D eigenvalue weighted by Crippen LogP contribution is 2.16. The molecule has 1 aromatic rings. The molecule has 0 amide bonds. The van der Waals surface area contributed by atoms with Crippen LogP contribution in [0.15, 0.2) is 0 Å². The number of carboxylic acids is 1. The van der Waals surface area contributed by atoms with Crippen LogP contribution in [0.25, 0.3) is 0 Å². The van der Waals surface area contributed by atoms with Gasteiger partial charge in [-0.25, -0.2) is 4.79 Å². The molecule has 78 valence electrons. The molecule has 6 heteroatoms. The maximum atomic E-state index is 10.7. The zero-order valence-corrected chi connectivity index (χ0v) is 8.97. The van der Waals surface area contributed by atoms with Crippen molar-refractivity contribution in [3.8, 4) is 0 Å². The van der Waals surface area contributed by atoms with Gasteiger partial charge in [-0.15, -0.1) is 10.2 Å². The van der Waals surface area contributed by atoms with E-state index in [0.29, 0.717) is 11.6 Å². The van der Waals surface area contributed by atoms with Gasteiger partial charge in [0.25, 0.3) is 0 Å². The highest BCUT2D eigenvalue weighted by atomic mass is 32.1. The lowest BCUT2D eigenvalue weighted by Crippen LogP contribution is -2.28. The summed E-state index contributed by atoms with van der Waals surface area (Å²) >= 11 is 1.40. The van der Waals surface area contributed by atoms with E-state index < -0.39 is 12.0 Å². The molecule has 0 saturated carbocycles. The zero-order chi connectivity index (χ0) is 10.6. The number of nitrogens with one attached hydrogen (secondary N) is 1. The van der Waals surface area contributed by atoms with Gasteiger partial charge in [0.15, 0.2) is 0 Å². The molecule has 1 rings (SSSR count). The van der Waals surface area contributed by atoms with Crippen molar-refractivity contribution in [1.29, 1.82) is 0 Å². The second kappa shape index (κ2) is 4.90. The maximum absolute atomic E-state index is 10.7. The molecule has 0 saturated heterocycles. The van der Waals surface area contributed by atoms with Crippen molar-refractivity contribution in [1.82, 2.24) is 10.2 Å². The Labute approximate surface area is 86.2 Å². The molecule has 0 aliphatic carbocycles. The number of hydrogen-bond acceptors (Lipinski definition) is 5. The van der Waals surface area contributed by atoms with E-state index in [1.807, 2.05) is 13.8 Å². The number of hydrogen-bond donors (Lipinski definition) is 2. The number of aryl methyl sites for hydroxylation is 1. The fourth-order valence-corrected chi connectivity index (χ4v) is 1.67. The third-order valence-electron chi connectivity index (χ3n) is 1.77. The molecule has 1 heterocycles. The molecule has 1 aromatic heterocycles. The maximum Gasteiger partial charge on any atom is 0.326 e. The van der Waals surface area contributed by atoms with Gasteiger partial charge in [0.1, 0.15) is 11.0 Å². The van der Waals surface area contributed by atoms with E-state index in [0.717, 1.165) is 11.4 Å². The van der Waals surface area contributed by atoms with Gasteiger partial charge in [-0.1, -0.05) is 25.2 Å². The van der Waals surface area contributed by atoms with Crippen molar-refractivity contribution in [3.05, 3.63) is 5.01 Å². The molecule has 0 aromatic carbocycles. The first-order chi connectivity index (χ1) is 6.67. The van der Waals surface area contributed by atoms with Crippen LogP contribution in [0.3, 0.4) is 0 Å². The molecule has 5 nitrogen and oxygen atoms in total. The SMILES string of the molecule is CCc1nnc(NC(CC)C(=O)O)s1. The van der Waals surface area contributed by atoms with Crippen molar-refractivity contribution in [2.45, 2.75) is 32.7 Å². The minimum absolute atomic E-state index is 0.524. The summed E-state index contributed by atoms with van der Waals surface area (Å²) in [5, 5.41) is 20.9. The van der Waals surface area contributed by atoms with Crippen molar-refractivity contribution in [2.24, 2.45) is 0 Å². The highest BCUT2D eigenvalue weighted by Gasteiger charge is 2.16. The Bertz CT molecular complexity index is 313. The molecular formula is C8H13N3O2S. The van der Waals surface area contributed by atoms with Gasteiger partial charge in [-0.2, -0.15) is 0 Å². The average molecular weight is 215 g/mol. The Kier molecular flexibility index (Phi) is 3.82. The number of rotatable bonds is 5. The normalized spacial score (nSPS) is 12.4. The first kappa shape index (κ1) is 10.9. The molecule has 2 N–H and O–H groups in total. The van der Waals surface area contributed by atoms with E-state index in [-0.39, 0.29) is 0 Å². The average Bonchev–Trinajstić information content (AvgIpc) is 2.61. The van der Waals surface area contributed by atoms with Crippen molar-refractivity contribution in [3.63, 3.8) is 0 Å². The lowest BCUT2D eigenvalue weighted by Gasteiger charge is -2.09. The summed E-state index contributed by atoms with van der Waals surface area (Å²) in [4.78, 5) is 10.7. The third kappa shape index (κ3) is 2.66. The van der Waals surface area contributed by atoms with Gasteiger partial charge < -0.3 is 10.4 Å². The molecule has 0 aliphatic rings. The summed E-state index contributed by atoms with van der Waals surface area (Å²) in [6, 6.07) is -0.576. The molecular weight excluding hydrogens is 202 g/mol. The summed E-state index contributed by atoms with van der Waals surface area (Å²) in [5.41, 5.74) is 0. The topological polar surface area (TPSA) is 75.1 Å². The lowest BCUT2D eigenvalue weighted by atomic mass is 10.2. The molecule has 14 heavy (non-hydrogen) atoms. The van der Waals surface area contributed by atoms with Gasteiger partial charge in [0.2, 0.25) is 5.13 Å². The Hall–Kier alpha value is -1.17. The van der Waals surface area contributed by atoms with Gasteiger partial charge in [-0.3, -0.25) is 0 Å². The molecule has 0 spiro atoms.